The number of aliphatic hydroxyl groups is 1. The summed E-state index contributed by atoms with van der Waals surface area (Å²) in [6, 6.07) is 7.82. The quantitative estimate of drug-likeness (QED) is 0.802. The molecule has 6 heteroatoms. The molecule has 1 aliphatic heterocycles. The van der Waals surface area contributed by atoms with E-state index in [1.54, 1.807) is 0 Å². The Morgan fingerprint density at radius 2 is 1.76 bits per heavy atom. The van der Waals surface area contributed by atoms with Crippen molar-refractivity contribution in [2.45, 2.75) is 24.9 Å². The molecule has 1 aromatic rings. The third-order valence-electron chi connectivity index (χ3n) is 4.44. The molecule has 1 amide bonds. The summed E-state index contributed by atoms with van der Waals surface area (Å²) >= 11 is 0. The van der Waals surface area contributed by atoms with Crippen molar-refractivity contribution in [3.8, 4) is 0 Å². The summed E-state index contributed by atoms with van der Waals surface area (Å²) in [7, 11) is -3.02. The van der Waals surface area contributed by atoms with Gasteiger partial charge in [0.2, 0.25) is 0 Å². The van der Waals surface area contributed by atoms with Gasteiger partial charge in [0.1, 0.15) is 5.60 Å². The summed E-state index contributed by atoms with van der Waals surface area (Å²) < 4.78 is 22.9. The summed E-state index contributed by atoms with van der Waals surface area (Å²) in [5, 5.41) is 10.7. The van der Waals surface area contributed by atoms with Crippen LogP contribution in [0.1, 0.15) is 17.5 Å². The molecule has 1 aliphatic carbocycles. The van der Waals surface area contributed by atoms with E-state index in [0.717, 1.165) is 5.56 Å². The largest absolute Gasteiger partial charge is 0.380 e. The number of sulfone groups is 1. The van der Waals surface area contributed by atoms with Crippen LogP contribution in [-0.2, 0) is 27.5 Å². The van der Waals surface area contributed by atoms with Crippen molar-refractivity contribution in [1.82, 2.24) is 4.90 Å². The fraction of sp³-hybridized carbons (Fsp3) is 0.533. The molecule has 1 unspecified atom stereocenters. The van der Waals surface area contributed by atoms with E-state index in [-0.39, 0.29) is 30.5 Å². The first-order valence-electron chi connectivity index (χ1n) is 7.19. The second kappa shape index (κ2) is 5.10. The second-order valence-electron chi connectivity index (χ2n) is 5.92. The minimum absolute atomic E-state index is 0.00852. The fourth-order valence-electron chi connectivity index (χ4n) is 3.11. The fourth-order valence-corrected chi connectivity index (χ4v) is 4.31. The molecule has 1 aromatic carbocycles. The Hall–Kier alpha value is -1.40. The first-order valence-corrected chi connectivity index (χ1v) is 9.01. The van der Waals surface area contributed by atoms with Crippen LogP contribution >= 0.6 is 0 Å². The van der Waals surface area contributed by atoms with Crippen LogP contribution in [0.25, 0.3) is 0 Å². The number of nitrogens with zero attached hydrogens (tertiary/aromatic N) is 1. The first-order chi connectivity index (χ1) is 9.90. The zero-order chi connectivity index (χ0) is 15.1. The molecule has 0 saturated carbocycles. The predicted molar refractivity (Wildman–Crippen MR) is 78.7 cm³/mol. The summed E-state index contributed by atoms with van der Waals surface area (Å²) in [6.45, 7) is 0.371. The molecule has 1 N–H and O–H groups in total. The number of aryl methyl sites for hydroxylation is 1. The van der Waals surface area contributed by atoms with Gasteiger partial charge in [0, 0.05) is 19.5 Å². The van der Waals surface area contributed by atoms with E-state index in [9.17, 15) is 18.3 Å². The third-order valence-corrected chi connectivity index (χ3v) is 6.05. The summed E-state index contributed by atoms with van der Waals surface area (Å²) in [6.07, 6.45) is 1.38. The molecule has 2 aliphatic rings. The standard InChI is InChI=1S/C15H19NO4S/c17-14(16-7-9-21(19,20)10-8-16)15(18)6-5-12-3-1-2-4-13(12)11-15/h1-4,18H,5-11H2. The third kappa shape index (κ3) is 2.82. The van der Waals surface area contributed by atoms with Crippen molar-refractivity contribution in [1.29, 1.82) is 0 Å². The second-order valence-corrected chi connectivity index (χ2v) is 8.22. The van der Waals surface area contributed by atoms with Gasteiger partial charge in [0.05, 0.1) is 11.5 Å². The Morgan fingerprint density at radius 1 is 1.14 bits per heavy atom. The van der Waals surface area contributed by atoms with Gasteiger partial charge in [-0.15, -0.1) is 0 Å². The van der Waals surface area contributed by atoms with Gasteiger partial charge in [-0.2, -0.15) is 0 Å². The highest BCUT2D eigenvalue weighted by molar-refractivity contribution is 7.91. The Balaban J connectivity index is 1.76. The number of fused-ring (bicyclic) bond motifs is 1. The van der Waals surface area contributed by atoms with Gasteiger partial charge >= 0.3 is 0 Å². The number of hydrogen-bond donors (Lipinski definition) is 1. The lowest BCUT2D eigenvalue weighted by molar-refractivity contribution is -0.152. The van der Waals surface area contributed by atoms with Crippen molar-refractivity contribution in [2.24, 2.45) is 0 Å². The normalized spacial score (nSPS) is 28.0. The molecule has 1 saturated heterocycles. The minimum atomic E-state index is -3.02. The van der Waals surface area contributed by atoms with E-state index in [4.69, 9.17) is 0 Å². The molecule has 1 heterocycles. The van der Waals surface area contributed by atoms with Crippen LogP contribution in [0.3, 0.4) is 0 Å². The van der Waals surface area contributed by atoms with Gasteiger partial charge in [0.15, 0.2) is 9.84 Å². The van der Waals surface area contributed by atoms with Crippen LogP contribution in [0.2, 0.25) is 0 Å². The van der Waals surface area contributed by atoms with E-state index in [1.807, 2.05) is 24.3 Å². The van der Waals surface area contributed by atoms with Crippen LogP contribution in [0, 0.1) is 0 Å². The Bertz CT molecular complexity index is 656. The van der Waals surface area contributed by atoms with E-state index >= 15 is 0 Å². The molecular formula is C15H19NO4S. The van der Waals surface area contributed by atoms with Gasteiger partial charge in [-0.3, -0.25) is 4.79 Å². The van der Waals surface area contributed by atoms with Crippen LogP contribution in [-0.4, -0.2) is 54.5 Å². The van der Waals surface area contributed by atoms with E-state index in [2.05, 4.69) is 0 Å². The van der Waals surface area contributed by atoms with Crippen LogP contribution < -0.4 is 0 Å². The SMILES string of the molecule is O=C(N1CCS(=O)(=O)CC1)C1(O)CCc2ccccc2C1. The summed E-state index contributed by atoms with van der Waals surface area (Å²) in [5.41, 5.74) is 0.788. The number of rotatable bonds is 1. The molecule has 114 valence electrons. The Kier molecular flexibility index (Phi) is 3.53. The summed E-state index contributed by atoms with van der Waals surface area (Å²) in [4.78, 5) is 14.1. The van der Waals surface area contributed by atoms with Gasteiger partial charge in [-0.25, -0.2) is 8.42 Å². The number of benzene rings is 1. The van der Waals surface area contributed by atoms with Gasteiger partial charge in [0.25, 0.3) is 5.91 Å². The van der Waals surface area contributed by atoms with Crippen LogP contribution in [0.4, 0.5) is 0 Å². The zero-order valence-electron chi connectivity index (χ0n) is 11.8. The van der Waals surface area contributed by atoms with Crippen molar-refractivity contribution in [3.63, 3.8) is 0 Å². The highest BCUT2D eigenvalue weighted by Gasteiger charge is 2.42. The maximum atomic E-state index is 12.6. The summed E-state index contributed by atoms with van der Waals surface area (Å²) in [5.74, 6) is -0.344. The van der Waals surface area contributed by atoms with Gasteiger partial charge in [-0.05, 0) is 24.0 Å². The van der Waals surface area contributed by atoms with Crippen LogP contribution in [0.15, 0.2) is 24.3 Å². The van der Waals surface area contributed by atoms with E-state index in [0.29, 0.717) is 19.3 Å². The first kappa shape index (κ1) is 14.5. The maximum absolute atomic E-state index is 12.6. The molecule has 21 heavy (non-hydrogen) atoms. The number of carbonyl (C=O) groups is 1. The average molecular weight is 309 g/mol. The monoisotopic (exact) mass is 309 g/mol. The van der Waals surface area contributed by atoms with Crippen LogP contribution in [0.5, 0.6) is 0 Å². The van der Waals surface area contributed by atoms with Crippen molar-refractivity contribution >= 4 is 15.7 Å². The van der Waals surface area contributed by atoms with Gasteiger partial charge in [-0.1, -0.05) is 24.3 Å². The topological polar surface area (TPSA) is 74.7 Å². The highest BCUT2D eigenvalue weighted by atomic mass is 32.2. The smallest absolute Gasteiger partial charge is 0.254 e. The minimum Gasteiger partial charge on any atom is -0.380 e. The highest BCUT2D eigenvalue weighted by Crippen LogP contribution is 2.30. The van der Waals surface area contributed by atoms with Crippen molar-refractivity contribution in [2.75, 3.05) is 24.6 Å². The zero-order valence-corrected chi connectivity index (χ0v) is 12.6. The molecule has 1 atom stereocenters. The van der Waals surface area contributed by atoms with Gasteiger partial charge < -0.3 is 10.0 Å². The van der Waals surface area contributed by atoms with Crippen molar-refractivity contribution in [3.05, 3.63) is 35.4 Å². The Labute approximate surface area is 124 Å². The van der Waals surface area contributed by atoms with E-state index in [1.165, 1.54) is 10.5 Å². The number of hydrogen-bond acceptors (Lipinski definition) is 4. The molecule has 1 fully saturated rings. The maximum Gasteiger partial charge on any atom is 0.254 e. The lowest BCUT2D eigenvalue weighted by Crippen LogP contribution is -2.55. The predicted octanol–water partition coefficient (Wildman–Crippen LogP) is 0.163. The molecular weight excluding hydrogens is 290 g/mol. The van der Waals surface area contributed by atoms with Crippen molar-refractivity contribution < 1.29 is 18.3 Å². The number of carbonyl (C=O) groups excluding carboxylic acids is 1. The molecule has 5 nitrogen and oxygen atoms in total. The number of amides is 1. The molecule has 0 spiro atoms. The molecule has 0 bridgehead atoms. The van der Waals surface area contributed by atoms with E-state index < -0.39 is 15.4 Å². The Morgan fingerprint density at radius 3 is 2.43 bits per heavy atom. The molecule has 0 radical (unpaired) electrons. The lowest BCUT2D eigenvalue weighted by Gasteiger charge is -2.38. The molecule has 0 aromatic heterocycles. The molecule has 3 rings (SSSR count). The average Bonchev–Trinajstić information content (AvgIpc) is 2.46. The lowest BCUT2D eigenvalue weighted by atomic mass is 9.79.